The summed E-state index contributed by atoms with van der Waals surface area (Å²) in [5, 5.41) is 0. The summed E-state index contributed by atoms with van der Waals surface area (Å²) in [6.45, 7) is -0.0576. The van der Waals surface area contributed by atoms with Gasteiger partial charge in [-0.2, -0.15) is 0 Å². The number of benzene rings is 1. The minimum Gasteiger partial charge on any atom is -0.368 e. The molecule has 1 aliphatic rings. The summed E-state index contributed by atoms with van der Waals surface area (Å²) < 4.78 is 0. The van der Waals surface area contributed by atoms with Crippen molar-refractivity contribution in [2.24, 2.45) is 5.73 Å². The number of amides is 4. The zero-order valence-electron chi connectivity index (χ0n) is 9.70. The molecule has 1 saturated heterocycles. The number of nitrogens with zero attached hydrogens (tertiary/aromatic N) is 2. The zero-order chi connectivity index (χ0) is 13.1. The maximum absolute atomic E-state index is 12.1. The third-order valence-electron chi connectivity index (χ3n) is 2.69. The van der Waals surface area contributed by atoms with Gasteiger partial charge < -0.3 is 5.73 Å². The highest BCUT2D eigenvalue weighted by molar-refractivity contribution is 6.07. The van der Waals surface area contributed by atoms with Gasteiger partial charge in [-0.15, -0.1) is 0 Å². The molecule has 1 aliphatic heterocycles. The molecular formula is C12H13N3O3. The van der Waals surface area contributed by atoms with Gasteiger partial charge in [-0.05, 0) is 12.1 Å². The molecule has 0 aliphatic carbocycles. The molecule has 4 amide bonds. The maximum atomic E-state index is 12.1. The van der Waals surface area contributed by atoms with Crippen molar-refractivity contribution in [3.63, 3.8) is 0 Å². The van der Waals surface area contributed by atoms with E-state index in [9.17, 15) is 14.4 Å². The Morgan fingerprint density at radius 1 is 1.22 bits per heavy atom. The van der Waals surface area contributed by atoms with Gasteiger partial charge in [-0.25, -0.2) is 4.79 Å². The Morgan fingerprint density at radius 2 is 1.89 bits per heavy atom. The number of primary amides is 1. The summed E-state index contributed by atoms with van der Waals surface area (Å²) in [6, 6.07) is 8.49. The van der Waals surface area contributed by atoms with Crippen molar-refractivity contribution in [2.75, 3.05) is 18.0 Å². The van der Waals surface area contributed by atoms with Gasteiger partial charge in [0.05, 0.1) is 0 Å². The van der Waals surface area contributed by atoms with Gasteiger partial charge in [0.2, 0.25) is 11.8 Å². The Bertz CT molecular complexity index is 487. The highest BCUT2D eigenvalue weighted by atomic mass is 16.2. The van der Waals surface area contributed by atoms with Crippen molar-refractivity contribution in [3.05, 3.63) is 30.3 Å². The summed E-state index contributed by atoms with van der Waals surface area (Å²) in [6.07, 6.45) is 0.188. The van der Waals surface area contributed by atoms with Gasteiger partial charge in [0, 0.05) is 18.7 Å². The van der Waals surface area contributed by atoms with E-state index in [0.29, 0.717) is 12.2 Å². The van der Waals surface area contributed by atoms with Gasteiger partial charge in [-0.3, -0.25) is 19.4 Å². The standard InChI is InChI=1S/C12H13N3O3/c13-10(16)8-15-11(17)6-7-14(12(15)18)9-4-2-1-3-5-9/h1-5H,6-8H2,(H2,13,16). The third kappa shape index (κ3) is 2.32. The monoisotopic (exact) mass is 247 g/mol. The lowest BCUT2D eigenvalue weighted by Crippen LogP contribution is -2.54. The average Bonchev–Trinajstić information content (AvgIpc) is 2.35. The molecule has 0 saturated carbocycles. The van der Waals surface area contributed by atoms with E-state index in [-0.39, 0.29) is 18.9 Å². The van der Waals surface area contributed by atoms with E-state index in [1.165, 1.54) is 4.90 Å². The van der Waals surface area contributed by atoms with Gasteiger partial charge in [0.25, 0.3) is 0 Å². The lowest BCUT2D eigenvalue weighted by atomic mass is 10.2. The lowest BCUT2D eigenvalue weighted by molar-refractivity contribution is -0.132. The first-order chi connectivity index (χ1) is 8.59. The van der Waals surface area contributed by atoms with Gasteiger partial charge in [-0.1, -0.05) is 18.2 Å². The molecule has 6 nitrogen and oxygen atoms in total. The molecule has 1 heterocycles. The number of nitrogens with two attached hydrogens (primary N) is 1. The molecule has 0 aromatic heterocycles. The molecule has 18 heavy (non-hydrogen) atoms. The smallest absolute Gasteiger partial charge is 0.331 e. The Morgan fingerprint density at radius 3 is 2.50 bits per heavy atom. The van der Waals surface area contributed by atoms with Crippen molar-refractivity contribution in [1.29, 1.82) is 0 Å². The fourth-order valence-corrected chi connectivity index (χ4v) is 1.85. The van der Waals surface area contributed by atoms with Crippen LogP contribution in [-0.4, -0.2) is 35.8 Å². The number of carbonyl (C=O) groups is 3. The van der Waals surface area contributed by atoms with Crippen LogP contribution in [0, 0.1) is 0 Å². The number of carbonyl (C=O) groups excluding carboxylic acids is 3. The summed E-state index contributed by atoms with van der Waals surface area (Å²) in [5.74, 6) is -1.07. The van der Waals surface area contributed by atoms with Crippen molar-refractivity contribution < 1.29 is 14.4 Å². The molecule has 0 spiro atoms. The summed E-state index contributed by atoms with van der Waals surface area (Å²) >= 11 is 0. The number of hydrogen-bond acceptors (Lipinski definition) is 3. The first kappa shape index (κ1) is 12.1. The second-order valence-electron chi connectivity index (χ2n) is 3.97. The first-order valence-electron chi connectivity index (χ1n) is 5.55. The van der Waals surface area contributed by atoms with Crippen LogP contribution >= 0.6 is 0 Å². The Labute approximate surface area is 104 Å². The number of anilines is 1. The highest BCUT2D eigenvalue weighted by Gasteiger charge is 2.33. The third-order valence-corrected chi connectivity index (χ3v) is 2.69. The second kappa shape index (κ2) is 4.87. The van der Waals surface area contributed by atoms with Crippen molar-refractivity contribution >= 4 is 23.5 Å². The number of rotatable bonds is 3. The topological polar surface area (TPSA) is 83.7 Å². The van der Waals surface area contributed by atoms with E-state index in [0.717, 1.165) is 4.90 Å². The summed E-state index contributed by atoms with van der Waals surface area (Å²) in [4.78, 5) is 36.9. The molecule has 6 heteroatoms. The molecule has 1 aromatic carbocycles. The molecular weight excluding hydrogens is 234 g/mol. The zero-order valence-corrected chi connectivity index (χ0v) is 9.70. The van der Waals surface area contributed by atoms with Crippen LogP contribution in [0.2, 0.25) is 0 Å². The average molecular weight is 247 g/mol. The van der Waals surface area contributed by atoms with E-state index in [1.54, 1.807) is 24.3 Å². The Balaban J connectivity index is 2.22. The van der Waals surface area contributed by atoms with E-state index in [4.69, 9.17) is 5.73 Å². The van der Waals surface area contributed by atoms with Gasteiger partial charge >= 0.3 is 6.03 Å². The predicted molar refractivity (Wildman–Crippen MR) is 64.7 cm³/mol. The van der Waals surface area contributed by atoms with Crippen molar-refractivity contribution in [1.82, 2.24) is 4.90 Å². The van der Waals surface area contributed by atoms with E-state index in [2.05, 4.69) is 0 Å². The SMILES string of the molecule is NC(=O)CN1C(=O)CCN(c2ccccc2)C1=O. The minimum absolute atomic E-state index is 0.188. The number of imide groups is 1. The Kier molecular flexibility index (Phi) is 3.27. The van der Waals surface area contributed by atoms with Gasteiger partial charge in [0.15, 0.2) is 0 Å². The predicted octanol–water partition coefficient (Wildman–Crippen LogP) is 0.331. The molecule has 1 fully saturated rings. The quantitative estimate of drug-likeness (QED) is 0.835. The van der Waals surface area contributed by atoms with Crippen LogP contribution in [-0.2, 0) is 9.59 Å². The summed E-state index contributed by atoms with van der Waals surface area (Å²) in [7, 11) is 0. The first-order valence-corrected chi connectivity index (χ1v) is 5.55. The van der Waals surface area contributed by atoms with E-state index < -0.39 is 11.9 Å². The van der Waals surface area contributed by atoms with Crippen molar-refractivity contribution in [2.45, 2.75) is 6.42 Å². The minimum atomic E-state index is -0.702. The lowest BCUT2D eigenvalue weighted by Gasteiger charge is -2.33. The largest absolute Gasteiger partial charge is 0.368 e. The molecule has 2 rings (SSSR count). The van der Waals surface area contributed by atoms with Crippen molar-refractivity contribution in [3.8, 4) is 0 Å². The molecule has 2 N–H and O–H groups in total. The molecule has 94 valence electrons. The van der Waals surface area contributed by atoms with Gasteiger partial charge in [0.1, 0.15) is 6.54 Å². The second-order valence-corrected chi connectivity index (χ2v) is 3.97. The molecule has 0 atom stereocenters. The Hall–Kier alpha value is -2.37. The molecule has 1 aromatic rings. The fourth-order valence-electron chi connectivity index (χ4n) is 1.85. The van der Waals surface area contributed by atoms with Crippen LogP contribution in [0.5, 0.6) is 0 Å². The molecule has 0 radical (unpaired) electrons. The van der Waals surface area contributed by atoms with Crippen LogP contribution in [0.15, 0.2) is 30.3 Å². The number of hydrogen-bond donors (Lipinski definition) is 1. The maximum Gasteiger partial charge on any atom is 0.331 e. The molecule has 0 unspecified atom stereocenters. The van der Waals surface area contributed by atoms with E-state index >= 15 is 0 Å². The van der Waals surface area contributed by atoms with Crippen LogP contribution in [0.1, 0.15) is 6.42 Å². The van der Waals surface area contributed by atoms with Crippen LogP contribution < -0.4 is 10.6 Å². The highest BCUT2D eigenvalue weighted by Crippen LogP contribution is 2.19. The fraction of sp³-hybridized carbons (Fsp3) is 0.250. The van der Waals surface area contributed by atoms with E-state index in [1.807, 2.05) is 6.07 Å². The number of para-hydroxylation sites is 1. The van der Waals surface area contributed by atoms with Crippen LogP contribution in [0.4, 0.5) is 10.5 Å². The van der Waals surface area contributed by atoms with Crippen LogP contribution in [0.25, 0.3) is 0 Å². The van der Waals surface area contributed by atoms with Crippen LogP contribution in [0.3, 0.4) is 0 Å². The normalized spacial score (nSPS) is 16.0. The summed E-state index contributed by atoms with van der Waals surface area (Å²) in [5.41, 5.74) is 5.73. The molecule has 0 bridgehead atoms. The number of urea groups is 1.